The summed E-state index contributed by atoms with van der Waals surface area (Å²) in [4.78, 5) is 26.6. The lowest BCUT2D eigenvalue weighted by Crippen LogP contribution is -2.46. The van der Waals surface area contributed by atoms with E-state index in [0.29, 0.717) is 5.56 Å². The maximum Gasteiger partial charge on any atom is 0.325 e. The van der Waals surface area contributed by atoms with Crippen LogP contribution in [0.2, 0.25) is 0 Å². The number of benzene rings is 2. The number of carbonyl (C=O) groups excluding carboxylic acids is 2. The number of phenolic OH excluding ortho intramolecular Hbond substituents is 2. The van der Waals surface area contributed by atoms with Crippen molar-refractivity contribution in [2.75, 3.05) is 7.11 Å². The number of aromatic hydroxyl groups is 2. The van der Waals surface area contributed by atoms with Gasteiger partial charge in [0.25, 0.3) is 0 Å². The Hall–Kier alpha value is -3.02. The molecule has 142 valence electrons. The summed E-state index contributed by atoms with van der Waals surface area (Å²) >= 11 is 0. The maximum absolute atomic E-state index is 13.4. The molecule has 1 atom stereocenters. The van der Waals surface area contributed by atoms with E-state index in [-0.39, 0.29) is 17.7 Å². The van der Waals surface area contributed by atoms with Crippen LogP contribution in [-0.2, 0) is 21.4 Å². The SMILES string of the molecule is COc1cc([C@@]2(C(=O)OC(C)(C)C)Cc3ccccc3C2=O)cc(O)c1O. The summed E-state index contributed by atoms with van der Waals surface area (Å²) in [6.07, 6.45) is 0.101. The molecule has 2 aromatic rings. The van der Waals surface area contributed by atoms with E-state index in [1.165, 1.54) is 19.2 Å². The first kappa shape index (κ1) is 18.8. The van der Waals surface area contributed by atoms with Crippen LogP contribution in [-0.4, -0.2) is 34.7 Å². The molecule has 2 aromatic carbocycles. The number of esters is 1. The van der Waals surface area contributed by atoms with Crippen LogP contribution in [0.3, 0.4) is 0 Å². The molecule has 6 heteroatoms. The van der Waals surface area contributed by atoms with Gasteiger partial charge in [0.15, 0.2) is 22.7 Å². The number of ether oxygens (including phenoxy) is 2. The normalized spacial score (nSPS) is 18.9. The molecule has 0 radical (unpaired) electrons. The lowest BCUT2D eigenvalue weighted by molar-refractivity contribution is -0.159. The molecule has 0 saturated carbocycles. The van der Waals surface area contributed by atoms with Gasteiger partial charge in [0.05, 0.1) is 7.11 Å². The molecular weight excluding hydrogens is 348 g/mol. The number of methoxy groups -OCH3 is 1. The number of carbonyl (C=O) groups is 2. The number of rotatable bonds is 3. The van der Waals surface area contributed by atoms with E-state index in [0.717, 1.165) is 5.56 Å². The quantitative estimate of drug-likeness (QED) is 0.490. The molecule has 0 saturated heterocycles. The first-order valence-corrected chi connectivity index (χ1v) is 8.57. The standard InChI is InChI=1S/C21H22O6/c1-20(2,3)27-19(25)21(11-12-7-5-6-8-14(12)18(21)24)13-9-15(22)17(23)16(10-13)26-4/h5-10,22-23H,11H2,1-4H3/t21-/m0/s1. The second-order valence-electron chi connectivity index (χ2n) is 7.62. The van der Waals surface area contributed by atoms with Crippen molar-refractivity contribution in [2.24, 2.45) is 0 Å². The van der Waals surface area contributed by atoms with Gasteiger partial charge in [0.1, 0.15) is 5.60 Å². The van der Waals surface area contributed by atoms with Gasteiger partial charge in [-0.1, -0.05) is 24.3 Å². The van der Waals surface area contributed by atoms with Crippen LogP contribution in [0.4, 0.5) is 0 Å². The minimum atomic E-state index is -1.66. The van der Waals surface area contributed by atoms with E-state index in [1.807, 2.05) is 0 Å². The van der Waals surface area contributed by atoms with Gasteiger partial charge >= 0.3 is 5.97 Å². The highest BCUT2D eigenvalue weighted by atomic mass is 16.6. The van der Waals surface area contributed by atoms with Crippen LogP contribution in [0.1, 0.15) is 42.3 Å². The zero-order chi connectivity index (χ0) is 20.0. The monoisotopic (exact) mass is 370 g/mol. The molecule has 0 amide bonds. The van der Waals surface area contributed by atoms with Gasteiger partial charge in [0, 0.05) is 12.0 Å². The highest BCUT2D eigenvalue weighted by Crippen LogP contribution is 2.46. The summed E-state index contributed by atoms with van der Waals surface area (Å²) in [6.45, 7) is 5.17. The van der Waals surface area contributed by atoms with Gasteiger partial charge in [-0.2, -0.15) is 0 Å². The molecule has 0 aliphatic heterocycles. The van der Waals surface area contributed by atoms with E-state index in [2.05, 4.69) is 0 Å². The van der Waals surface area contributed by atoms with Crippen molar-refractivity contribution in [2.45, 2.75) is 38.2 Å². The van der Waals surface area contributed by atoms with Crippen LogP contribution in [0, 0.1) is 0 Å². The third kappa shape index (κ3) is 3.01. The zero-order valence-electron chi connectivity index (χ0n) is 15.7. The molecule has 0 spiro atoms. The number of fused-ring (bicyclic) bond motifs is 1. The minimum absolute atomic E-state index is 0.0308. The van der Waals surface area contributed by atoms with Crippen LogP contribution < -0.4 is 4.74 Å². The van der Waals surface area contributed by atoms with Crippen molar-refractivity contribution in [3.63, 3.8) is 0 Å². The van der Waals surface area contributed by atoms with Crippen LogP contribution in [0.15, 0.2) is 36.4 Å². The Morgan fingerprint density at radius 2 is 1.81 bits per heavy atom. The molecule has 1 aliphatic rings. The average Bonchev–Trinajstić information content (AvgIpc) is 2.90. The highest BCUT2D eigenvalue weighted by molar-refractivity contribution is 6.20. The highest BCUT2D eigenvalue weighted by Gasteiger charge is 2.55. The molecule has 27 heavy (non-hydrogen) atoms. The number of hydrogen-bond acceptors (Lipinski definition) is 6. The predicted octanol–water partition coefficient (Wildman–Crippen LogP) is 3.12. The van der Waals surface area contributed by atoms with Gasteiger partial charge in [-0.25, -0.2) is 0 Å². The van der Waals surface area contributed by atoms with Crippen molar-refractivity contribution in [1.82, 2.24) is 0 Å². The van der Waals surface area contributed by atoms with Gasteiger partial charge in [0.2, 0.25) is 5.75 Å². The zero-order valence-corrected chi connectivity index (χ0v) is 15.7. The molecule has 0 bridgehead atoms. The Kier molecular flexibility index (Phi) is 4.38. The Morgan fingerprint density at radius 3 is 2.41 bits per heavy atom. The summed E-state index contributed by atoms with van der Waals surface area (Å²) in [6, 6.07) is 9.59. The first-order chi connectivity index (χ1) is 12.6. The molecule has 0 unspecified atom stereocenters. The van der Waals surface area contributed by atoms with Crippen LogP contribution >= 0.6 is 0 Å². The Morgan fingerprint density at radius 1 is 1.15 bits per heavy atom. The molecular formula is C21H22O6. The van der Waals surface area contributed by atoms with Crippen molar-refractivity contribution < 1.29 is 29.3 Å². The van der Waals surface area contributed by atoms with Crippen LogP contribution in [0.25, 0.3) is 0 Å². The topological polar surface area (TPSA) is 93.1 Å². The fourth-order valence-electron chi connectivity index (χ4n) is 3.37. The van der Waals surface area contributed by atoms with Gasteiger partial charge in [-0.15, -0.1) is 0 Å². The molecule has 1 aliphatic carbocycles. The van der Waals surface area contributed by atoms with E-state index in [1.54, 1.807) is 45.0 Å². The van der Waals surface area contributed by atoms with Crippen molar-refractivity contribution in [3.8, 4) is 17.2 Å². The fraction of sp³-hybridized carbons (Fsp3) is 0.333. The molecule has 0 aromatic heterocycles. The summed E-state index contributed by atoms with van der Waals surface area (Å²) in [5.74, 6) is -2.07. The predicted molar refractivity (Wildman–Crippen MR) is 98.3 cm³/mol. The number of phenols is 2. The number of ketones is 1. The lowest BCUT2D eigenvalue weighted by atomic mass is 9.76. The molecule has 0 fully saturated rings. The summed E-state index contributed by atoms with van der Waals surface area (Å²) in [5.41, 5.74) is -1.09. The number of Topliss-reactive ketones (excluding diaryl/α,β-unsaturated/α-hetero) is 1. The molecule has 6 nitrogen and oxygen atoms in total. The Labute approximate surface area is 157 Å². The van der Waals surface area contributed by atoms with E-state index in [9.17, 15) is 19.8 Å². The largest absolute Gasteiger partial charge is 0.504 e. The van der Waals surface area contributed by atoms with Crippen molar-refractivity contribution in [3.05, 3.63) is 53.1 Å². The van der Waals surface area contributed by atoms with Gasteiger partial charge < -0.3 is 19.7 Å². The van der Waals surface area contributed by atoms with Crippen molar-refractivity contribution >= 4 is 11.8 Å². The van der Waals surface area contributed by atoms with E-state index >= 15 is 0 Å². The minimum Gasteiger partial charge on any atom is -0.504 e. The first-order valence-electron chi connectivity index (χ1n) is 8.57. The fourth-order valence-corrected chi connectivity index (χ4v) is 3.37. The number of hydrogen-bond donors (Lipinski definition) is 2. The third-order valence-electron chi connectivity index (χ3n) is 4.62. The molecule has 0 heterocycles. The smallest absolute Gasteiger partial charge is 0.325 e. The molecule has 3 rings (SSSR count). The second kappa shape index (κ2) is 6.30. The summed E-state index contributed by atoms with van der Waals surface area (Å²) in [7, 11) is 1.32. The van der Waals surface area contributed by atoms with E-state index < -0.39 is 34.3 Å². The van der Waals surface area contributed by atoms with Crippen LogP contribution in [0.5, 0.6) is 17.2 Å². The third-order valence-corrected chi connectivity index (χ3v) is 4.62. The summed E-state index contributed by atoms with van der Waals surface area (Å²) in [5, 5.41) is 20.0. The van der Waals surface area contributed by atoms with Crippen molar-refractivity contribution in [1.29, 1.82) is 0 Å². The second-order valence-corrected chi connectivity index (χ2v) is 7.62. The average molecular weight is 370 g/mol. The maximum atomic E-state index is 13.4. The van der Waals surface area contributed by atoms with Gasteiger partial charge in [-0.05, 0) is 44.0 Å². The lowest BCUT2D eigenvalue weighted by Gasteiger charge is -2.30. The Bertz CT molecular complexity index is 925. The molecule has 2 N–H and O–H groups in total. The van der Waals surface area contributed by atoms with Gasteiger partial charge in [-0.3, -0.25) is 9.59 Å². The van der Waals surface area contributed by atoms with E-state index in [4.69, 9.17) is 9.47 Å². The Balaban J connectivity index is 2.24. The summed E-state index contributed by atoms with van der Waals surface area (Å²) < 4.78 is 10.7.